The van der Waals surface area contributed by atoms with Crippen LogP contribution >= 0.6 is 0 Å². The zero-order chi connectivity index (χ0) is 18.5. The third kappa shape index (κ3) is 4.53. The Labute approximate surface area is 161 Å². The molecule has 0 aliphatic carbocycles. The number of nitro groups is 1. The monoisotopic (exact) mass is 419 g/mol. The normalized spacial score (nSPS) is 26.0. The van der Waals surface area contributed by atoms with Crippen molar-refractivity contribution in [3.63, 3.8) is 0 Å². The molecule has 0 aromatic heterocycles. The van der Waals surface area contributed by atoms with E-state index in [9.17, 15) is 10.1 Å². The van der Waals surface area contributed by atoms with Gasteiger partial charge in [-0.15, -0.1) is 0 Å². The Morgan fingerprint density at radius 3 is 2.31 bits per heavy atom. The molecule has 4 atom stereocenters. The van der Waals surface area contributed by atoms with E-state index < -0.39 is 0 Å². The first-order chi connectivity index (χ1) is 12.6. The van der Waals surface area contributed by atoms with Crippen LogP contribution in [0.4, 0.5) is 0 Å². The average Bonchev–Trinajstić information content (AvgIpc) is 2.64. The zero-order valence-corrected chi connectivity index (χ0v) is 16.9. The predicted octanol–water partition coefficient (Wildman–Crippen LogP) is 3.74. The van der Waals surface area contributed by atoms with Crippen LogP contribution in [0.1, 0.15) is 25.5 Å². The molecular formula is C21H25NO3Se. The summed E-state index contributed by atoms with van der Waals surface area (Å²) in [5, 5.41) is 11.4. The van der Waals surface area contributed by atoms with Crippen LogP contribution in [0, 0.1) is 27.9 Å². The molecule has 0 amide bonds. The first-order valence-electron chi connectivity index (χ1n) is 9.06. The van der Waals surface area contributed by atoms with Crippen molar-refractivity contribution >= 4 is 19.4 Å². The quantitative estimate of drug-likeness (QED) is 0.408. The maximum atomic E-state index is 11.4. The molecule has 1 heterocycles. The molecule has 2 aromatic rings. The molecule has 1 aliphatic heterocycles. The summed E-state index contributed by atoms with van der Waals surface area (Å²) in [5.74, 6) is 0.617. The van der Waals surface area contributed by atoms with E-state index in [4.69, 9.17) is 4.74 Å². The van der Waals surface area contributed by atoms with Crippen molar-refractivity contribution in [3.8, 4) is 0 Å². The van der Waals surface area contributed by atoms with Gasteiger partial charge in [0.1, 0.15) is 0 Å². The summed E-state index contributed by atoms with van der Waals surface area (Å²) in [6.07, 6.45) is -0.0728. The molecular weight excluding hydrogens is 393 g/mol. The van der Waals surface area contributed by atoms with E-state index in [1.165, 1.54) is 4.46 Å². The number of ether oxygens (including phenoxy) is 1. The molecule has 0 spiro atoms. The Morgan fingerprint density at radius 1 is 1.12 bits per heavy atom. The second-order valence-electron chi connectivity index (χ2n) is 7.15. The van der Waals surface area contributed by atoms with Crippen molar-refractivity contribution in [2.75, 3.05) is 13.2 Å². The van der Waals surface area contributed by atoms with Gasteiger partial charge in [0.2, 0.25) is 0 Å². The van der Waals surface area contributed by atoms with Crippen molar-refractivity contribution in [3.05, 3.63) is 76.3 Å². The van der Waals surface area contributed by atoms with E-state index in [-0.39, 0.29) is 49.2 Å². The van der Waals surface area contributed by atoms with Crippen LogP contribution < -0.4 is 4.46 Å². The number of benzene rings is 2. The van der Waals surface area contributed by atoms with Gasteiger partial charge in [0.05, 0.1) is 0 Å². The van der Waals surface area contributed by atoms with Crippen LogP contribution in [-0.2, 0) is 4.74 Å². The molecule has 138 valence electrons. The fourth-order valence-corrected chi connectivity index (χ4v) is 6.78. The van der Waals surface area contributed by atoms with Crippen LogP contribution in [0.3, 0.4) is 0 Å². The number of hydrogen-bond acceptors (Lipinski definition) is 3. The second kappa shape index (κ2) is 8.81. The molecule has 26 heavy (non-hydrogen) atoms. The van der Waals surface area contributed by atoms with Crippen molar-refractivity contribution < 1.29 is 9.66 Å². The van der Waals surface area contributed by atoms with E-state index in [0.29, 0.717) is 12.5 Å². The molecule has 0 radical (unpaired) electrons. The van der Waals surface area contributed by atoms with Gasteiger partial charge in [0.25, 0.3) is 0 Å². The van der Waals surface area contributed by atoms with E-state index in [1.54, 1.807) is 0 Å². The molecule has 1 saturated heterocycles. The molecule has 2 aromatic carbocycles. The molecule has 3 rings (SSSR count). The topological polar surface area (TPSA) is 52.4 Å². The average molecular weight is 418 g/mol. The molecule has 0 N–H and O–H groups in total. The summed E-state index contributed by atoms with van der Waals surface area (Å²) in [5.41, 5.74) is 1.13. The van der Waals surface area contributed by atoms with Crippen molar-refractivity contribution in [2.45, 2.75) is 24.8 Å². The van der Waals surface area contributed by atoms with Gasteiger partial charge >= 0.3 is 161 Å². The van der Waals surface area contributed by atoms with Crippen molar-refractivity contribution in [1.82, 2.24) is 0 Å². The first-order valence-corrected chi connectivity index (χ1v) is 10.9. The van der Waals surface area contributed by atoms with Gasteiger partial charge in [-0.25, -0.2) is 0 Å². The number of hydrogen-bond donors (Lipinski definition) is 0. The standard InChI is InChI=1S/C21H25NO3Se/c1-15(2)19-14-25-20(16-9-5-3-6-10-16)21(18(19)13-22(23)24)26-17-11-7-4-8-12-17/h3-12,15,18-21H,13-14H2,1-2H3/t18-,19-,20?,21?/m1/s1. The third-order valence-electron chi connectivity index (χ3n) is 5.10. The molecule has 4 nitrogen and oxygen atoms in total. The van der Waals surface area contributed by atoms with Gasteiger partial charge in [-0.2, -0.15) is 0 Å². The molecule has 1 fully saturated rings. The van der Waals surface area contributed by atoms with Gasteiger partial charge in [-0.3, -0.25) is 0 Å². The van der Waals surface area contributed by atoms with Gasteiger partial charge in [0.15, 0.2) is 0 Å². The number of nitrogens with zero attached hydrogens (tertiary/aromatic N) is 1. The fourth-order valence-electron chi connectivity index (χ4n) is 3.73. The van der Waals surface area contributed by atoms with Crippen molar-refractivity contribution in [1.29, 1.82) is 0 Å². The Morgan fingerprint density at radius 2 is 1.73 bits per heavy atom. The molecule has 5 heteroatoms. The fraction of sp³-hybridized carbons (Fsp3) is 0.429. The summed E-state index contributed by atoms with van der Waals surface area (Å²) in [6.45, 7) is 4.92. The summed E-state index contributed by atoms with van der Waals surface area (Å²) in [6, 6.07) is 20.5. The van der Waals surface area contributed by atoms with E-state index in [0.717, 1.165) is 5.56 Å². The SMILES string of the molecule is CC(C)[C@H]1COC(c2ccccc2)C([Se]c2ccccc2)[C@@H]1C[N+](=O)[O-]. The van der Waals surface area contributed by atoms with Gasteiger partial charge in [-0.05, 0) is 0 Å². The maximum absolute atomic E-state index is 11.4. The van der Waals surface area contributed by atoms with E-state index >= 15 is 0 Å². The van der Waals surface area contributed by atoms with Gasteiger partial charge < -0.3 is 0 Å². The van der Waals surface area contributed by atoms with Crippen LogP contribution in [0.5, 0.6) is 0 Å². The molecule has 1 aliphatic rings. The minimum atomic E-state index is -0.137. The van der Waals surface area contributed by atoms with Crippen LogP contribution in [0.2, 0.25) is 4.82 Å². The van der Waals surface area contributed by atoms with E-state index in [1.807, 2.05) is 36.4 Å². The molecule has 0 saturated carbocycles. The second-order valence-corrected chi connectivity index (χ2v) is 9.77. The zero-order valence-electron chi connectivity index (χ0n) is 15.2. The number of rotatable bonds is 6. The minimum absolute atomic E-state index is 0.0226. The third-order valence-corrected chi connectivity index (χ3v) is 8.06. The van der Waals surface area contributed by atoms with Crippen LogP contribution in [-0.4, -0.2) is 33.0 Å². The Hall–Kier alpha value is -1.68. The first kappa shape index (κ1) is 19.1. The Kier molecular flexibility index (Phi) is 6.47. The van der Waals surface area contributed by atoms with Crippen molar-refractivity contribution in [2.24, 2.45) is 17.8 Å². The van der Waals surface area contributed by atoms with Gasteiger partial charge in [-0.1, -0.05) is 0 Å². The van der Waals surface area contributed by atoms with E-state index in [2.05, 4.69) is 38.1 Å². The van der Waals surface area contributed by atoms with Crippen LogP contribution in [0.15, 0.2) is 60.7 Å². The molecule has 2 unspecified atom stereocenters. The summed E-state index contributed by atoms with van der Waals surface area (Å²) < 4.78 is 7.60. The summed E-state index contributed by atoms with van der Waals surface area (Å²) in [4.78, 5) is 11.5. The predicted molar refractivity (Wildman–Crippen MR) is 104 cm³/mol. The summed E-state index contributed by atoms with van der Waals surface area (Å²) in [7, 11) is 0. The Balaban J connectivity index is 1.97. The summed E-state index contributed by atoms with van der Waals surface area (Å²) >= 11 is 0.107. The Bertz CT molecular complexity index is 708. The molecule has 0 bridgehead atoms. The van der Waals surface area contributed by atoms with Crippen LogP contribution in [0.25, 0.3) is 0 Å². The van der Waals surface area contributed by atoms with Gasteiger partial charge in [0, 0.05) is 0 Å².